The summed E-state index contributed by atoms with van der Waals surface area (Å²) in [4.78, 5) is 39.6. The van der Waals surface area contributed by atoms with Gasteiger partial charge in [0.05, 0.1) is 43.5 Å². The summed E-state index contributed by atoms with van der Waals surface area (Å²) in [5.74, 6) is -2.08. The van der Waals surface area contributed by atoms with E-state index in [-0.39, 0.29) is 38.4 Å². The number of hydrogen-bond donors (Lipinski definition) is 1. The van der Waals surface area contributed by atoms with Gasteiger partial charge in [-0.3, -0.25) is 19.3 Å². The number of carbonyl (C=O) groups is 3. The highest BCUT2D eigenvalue weighted by Gasteiger charge is 2.47. The van der Waals surface area contributed by atoms with Gasteiger partial charge in [-0.25, -0.2) is 0 Å². The van der Waals surface area contributed by atoms with Gasteiger partial charge < -0.3 is 24.1 Å². The van der Waals surface area contributed by atoms with E-state index in [1.807, 2.05) is 0 Å². The van der Waals surface area contributed by atoms with E-state index in [9.17, 15) is 19.5 Å². The minimum absolute atomic E-state index is 0.00745. The number of nitrogens with zero attached hydrogens (tertiary/aromatic N) is 1. The average Bonchev–Trinajstić information content (AvgIpc) is 3.18. The van der Waals surface area contributed by atoms with E-state index in [4.69, 9.17) is 42.1 Å². The van der Waals surface area contributed by atoms with Crippen LogP contribution in [-0.4, -0.2) is 44.1 Å². The van der Waals surface area contributed by atoms with E-state index in [1.165, 1.54) is 51.4 Å². The zero-order valence-electron chi connectivity index (χ0n) is 21.3. The molecule has 1 heterocycles. The number of methoxy groups -OCH3 is 3. The van der Waals surface area contributed by atoms with Crippen molar-refractivity contribution < 1.29 is 38.4 Å². The summed E-state index contributed by atoms with van der Waals surface area (Å²) in [6.45, 7) is 1.27. The Morgan fingerprint density at radius 1 is 0.897 bits per heavy atom. The van der Waals surface area contributed by atoms with Crippen molar-refractivity contribution in [3.05, 3.63) is 81.3 Å². The first-order chi connectivity index (χ1) is 18.6. The number of benzene rings is 3. The minimum Gasteiger partial charge on any atom is -0.507 e. The third-order valence-electron chi connectivity index (χ3n) is 6.03. The molecule has 0 radical (unpaired) electrons. The van der Waals surface area contributed by atoms with E-state index in [0.717, 1.165) is 0 Å². The number of halogens is 2. The number of carbonyl (C=O) groups excluding carboxylic acids is 3. The molecular formula is C28H23Cl2NO8. The van der Waals surface area contributed by atoms with Crippen LogP contribution in [-0.2, 0) is 14.4 Å². The molecule has 1 fully saturated rings. The molecule has 9 nitrogen and oxygen atoms in total. The molecule has 1 amide bonds. The molecule has 1 aliphatic heterocycles. The molecule has 3 aromatic carbocycles. The highest BCUT2D eigenvalue weighted by Crippen LogP contribution is 2.48. The van der Waals surface area contributed by atoms with Gasteiger partial charge >= 0.3 is 5.97 Å². The van der Waals surface area contributed by atoms with Crippen molar-refractivity contribution >= 4 is 52.3 Å². The highest BCUT2D eigenvalue weighted by atomic mass is 35.5. The zero-order valence-corrected chi connectivity index (χ0v) is 22.8. The molecule has 0 saturated carbocycles. The van der Waals surface area contributed by atoms with Gasteiger partial charge in [-0.1, -0.05) is 41.4 Å². The van der Waals surface area contributed by atoms with Crippen LogP contribution in [0.4, 0.5) is 5.69 Å². The number of amides is 1. The molecule has 0 bridgehead atoms. The fourth-order valence-electron chi connectivity index (χ4n) is 4.35. The molecule has 0 aromatic heterocycles. The molecule has 1 aliphatic rings. The summed E-state index contributed by atoms with van der Waals surface area (Å²) < 4.78 is 21.1. The lowest BCUT2D eigenvalue weighted by molar-refractivity contribution is -0.132. The number of aliphatic hydroxyl groups is 1. The molecule has 1 saturated heterocycles. The maximum absolute atomic E-state index is 13.5. The molecule has 0 aliphatic carbocycles. The summed E-state index contributed by atoms with van der Waals surface area (Å²) in [7, 11) is 4.17. The number of aliphatic hydroxyl groups excluding tert-OH is 1. The molecule has 39 heavy (non-hydrogen) atoms. The predicted octanol–water partition coefficient (Wildman–Crippen LogP) is 5.57. The summed E-state index contributed by atoms with van der Waals surface area (Å²) in [5, 5.41) is 11.6. The van der Waals surface area contributed by atoms with Gasteiger partial charge in [-0.2, -0.15) is 0 Å². The second kappa shape index (κ2) is 11.3. The Hall–Kier alpha value is -4.21. The molecule has 3 aromatic rings. The molecule has 202 valence electrons. The fraction of sp³-hybridized carbons (Fsp3) is 0.179. The van der Waals surface area contributed by atoms with E-state index in [2.05, 4.69) is 0 Å². The van der Waals surface area contributed by atoms with Crippen molar-refractivity contribution in [2.24, 2.45) is 0 Å². The van der Waals surface area contributed by atoms with E-state index in [1.54, 1.807) is 36.4 Å². The van der Waals surface area contributed by atoms with E-state index in [0.29, 0.717) is 17.0 Å². The molecule has 1 unspecified atom stereocenters. The quantitative estimate of drug-likeness (QED) is 0.129. The SMILES string of the molecule is COc1cccc(N2C(=O)C(=O)/C(=C(/O)c3cc(Cl)c(OC)c(Cl)c3OC)C2c2ccc(OC(C)=O)cc2)c1. The van der Waals surface area contributed by atoms with Gasteiger partial charge in [0.15, 0.2) is 11.5 Å². The Morgan fingerprint density at radius 2 is 1.56 bits per heavy atom. The van der Waals surface area contributed by atoms with Crippen molar-refractivity contribution in [1.82, 2.24) is 0 Å². The van der Waals surface area contributed by atoms with Crippen LogP contribution in [0, 0.1) is 0 Å². The van der Waals surface area contributed by atoms with Crippen LogP contribution in [0.2, 0.25) is 10.0 Å². The van der Waals surface area contributed by atoms with Crippen molar-refractivity contribution in [2.75, 3.05) is 26.2 Å². The number of ether oxygens (including phenoxy) is 4. The Balaban J connectivity index is 1.98. The number of rotatable bonds is 7. The topological polar surface area (TPSA) is 112 Å². The summed E-state index contributed by atoms with van der Waals surface area (Å²) in [6, 6.07) is 13.0. The van der Waals surface area contributed by atoms with Gasteiger partial charge in [0.25, 0.3) is 11.7 Å². The Labute approximate surface area is 234 Å². The second-order valence-corrected chi connectivity index (χ2v) is 9.10. The minimum atomic E-state index is -1.09. The largest absolute Gasteiger partial charge is 0.507 e. The summed E-state index contributed by atoms with van der Waals surface area (Å²) in [6.07, 6.45) is 0. The van der Waals surface area contributed by atoms with Crippen LogP contribution >= 0.6 is 23.2 Å². The Bertz CT molecular complexity index is 1500. The van der Waals surface area contributed by atoms with Gasteiger partial charge in [0.1, 0.15) is 22.3 Å². The van der Waals surface area contributed by atoms with Crippen molar-refractivity contribution in [3.63, 3.8) is 0 Å². The maximum atomic E-state index is 13.5. The predicted molar refractivity (Wildman–Crippen MR) is 145 cm³/mol. The van der Waals surface area contributed by atoms with Crippen molar-refractivity contribution in [2.45, 2.75) is 13.0 Å². The van der Waals surface area contributed by atoms with E-state index >= 15 is 0 Å². The van der Waals surface area contributed by atoms with E-state index < -0.39 is 29.5 Å². The van der Waals surface area contributed by atoms with Gasteiger partial charge in [-0.05, 0) is 35.9 Å². The standard InChI is InChI=1S/C28H23Cl2NO8/c1-14(32)39-17-10-8-15(9-11-17)23-21(24(33)19-13-20(29)27(38-4)22(30)26(19)37-3)25(34)28(35)31(23)16-6-5-7-18(12-16)36-2/h5-13,23,33H,1-4H3/b24-21+. The van der Waals surface area contributed by atoms with Gasteiger partial charge in [-0.15, -0.1) is 0 Å². The van der Waals surface area contributed by atoms with Gasteiger partial charge in [0, 0.05) is 18.7 Å². The van der Waals surface area contributed by atoms with Crippen LogP contribution in [0.15, 0.2) is 60.2 Å². The molecule has 0 spiro atoms. The number of hydrogen-bond acceptors (Lipinski definition) is 8. The van der Waals surface area contributed by atoms with Crippen molar-refractivity contribution in [1.29, 1.82) is 0 Å². The lowest BCUT2D eigenvalue weighted by atomic mass is 9.94. The summed E-state index contributed by atoms with van der Waals surface area (Å²) >= 11 is 12.8. The first kappa shape index (κ1) is 27.8. The second-order valence-electron chi connectivity index (χ2n) is 8.32. The average molecular weight is 572 g/mol. The molecule has 1 atom stereocenters. The molecular weight excluding hydrogens is 549 g/mol. The molecule has 4 rings (SSSR count). The number of Topliss-reactive ketones (excluding diaryl/α,β-unsaturated/α-hetero) is 1. The fourth-order valence-corrected chi connectivity index (χ4v) is 5.04. The third kappa shape index (κ3) is 5.10. The lowest BCUT2D eigenvalue weighted by Crippen LogP contribution is -2.29. The third-order valence-corrected chi connectivity index (χ3v) is 6.65. The lowest BCUT2D eigenvalue weighted by Gasteiger charge is -2.26. The smallest absolute Gasteiger partial charge is 0.308 e. The monoisotopic (exact) mass is 571 g/mol. The van der Waals surface area contributed by atoms with Crippen LogP contribution in [0.3, 0.4) is 0 Å². The van der Waals surface area contributed by atoms with Crippen LogP contribution in [0.1, 0.15) is 24.1 Å². The summed E-state index contributed by atoms with van der Waals surface area (Å²) in [5.41, 5.74) is 0.540. The van der Waals surface area contributed by atoms with Gasteiger partial charge in [0.2, 0.25) is 0 Å². The normalized spacial score (nSPS) is 16.3. The Kier molecular flexibility index (Phi) is 8.03. The van der Waals surface area contributed by atoms with Crippen LogP contribution in [0.5, 0.6) is 23.0 Å². The zero-order chi connectivity index (χ0) is 28.4. The Morgan fingerprint density at radius 3 is 2.15 bits per heavy atom. The molecule has 1 N–H and O–H groups in total. The maximum Gasteiger partial charge on any atom is 0.308 e. The highest BCUT2D eigenvalue weighted by molar-refractivity contribution is 6.52. The first-order valence-corrected chi connectivity index (χ1v) is 12.2. The number of ketones is 1. The van der Waals surface area contributed by atoms with Crippen LogP contribution < -0.4 is 23.8 Å². The first-order valence-electron chi connectivity index (χ1n) is 11.5. The van der Waals surface area contributed by atoms with Crippen LogP contribution in [0.25, 0.3) is 5.76 Å². The molecule has 11 heteroatoms. The van der Waals surface area contributed by atoms with Crippen molar-refractivity contribution in [3.8, 4) is 23.0 Å². The number of esters is 1. The number of anilines is 1.